The number of aromatic nitrogens is 3. The van der Waals surface area contributed by atoms with Crippen LogP contribution in [0.3, 0.4) is 0 Å². The van der Waals surface area contributed by atoms with Gasteiger partial charge in [0.1, 0.15) is 5.69 Å². The van der Waals surface area contributed by atoms with Gasteiger partial charge in [0, 0.05) is 6.20 Å². The average molecular weight is 334 g/mol. The van der Waals surface area contributed by atoms with Crippen LogP contribution in [0.15, 0.2) is 54.9 Å². The Labute approximate surface area is 145 Å². The second-order valence-electron chi connectivity index (χ2n) is 6.34. The number of amides is 1. The molecular formula is C19H18N4O2. The lowest BCUT2D eigenvalue weighted by Crippen LogP contribution is -2.42. The van der Waals surface area contributed by atoms with Gasteiger partial charge < -0.3 is 10.4 Å². The first-order valence-corrected chi connectivity index (χ1v) is 8.32. The first kappa shape index (κ1) is 15.7. The number of carbonyl (C=O) groups is 1. The molecule has 1 aliphatic carbocycles. The molecule has 126 valence electrons. The maximum Gasteiger partial charge on any atom is 0.272 e. The molecule has 1 atom stereocenters. The Bertz CT molecular complexity index is 894. The minimum absolute atomic E-state index is 0.169. The van der Waals surface area contributed by atoms with Crippen LogP contribution in [0.4, 0.5) is 0 Å². The summed E-state index contributed by atoms with van der Waals surface area (Å²) in [5.74, 6) is -0.113. The monoisotopic (exact) mass is 334 g/mol. The number of aliphatic hydroxyl groups is 1. The van der Waals surface area contributed by atoms with Gasteiger partial charge in [-0.15, -0.1) is 0 Å². The van der Waals surface area contributed by atoms with E-state index >= 15 is 0 Å². The van der Waals surface area contributed by atoms with E-state index in [1.54, 1.807) is 6.20 Å². The molecule has 1 saturated carbocycles. The molecule has 2 aromatic heterocycles. The zero-order valence-electron chi connectivity index (χ0n) is 13.5. The Morgan fingerprint density at radius 2 is 1.84 bits per heavy atom. The molecule has 1 aromatic carbocycles. The molecule has 0 saturated heterocycles. The first-order valence-electron chi connectivity index (χ1n) is 8.32. The van der Waals surface area contributed by atoms with Crippen molar-refractivity contribution in [3.8, 4) is 0 Å². The fraction of sp³-hybridized carbons (Fsp3) is 0.263. The van der Waals surface area contributed by atoms with Gasteiger partial charge in [0.2, 0.25) is 0 Å². The van der Waals surface area contributed by atoms with E-state index in [1.165, 1.54) is 6.20 Å². The molecule has 6 nitrogen and oxygen atoms in total. The minimum atomic E-state index is -0.298. The Morgan fingerprint density at radius 1 is 1.08 bits per heavy atom. The van der Waals surface area contributed by atoms with E-state index in [4.69, 9.17) is 0 Å². The fourth-order valence-corrected chi connectivity index (χ4v) is 3.18. The summed E-state index contributed by atoms with van der Waals surface area (Å²) in [5, 5.41) is 12.6. The second-order valence-corrected chi connectivity index (χ2v) is 6.34. The van der Waals surface area contributed by atoms with Gasteiger partial charge in [0.05, 0.1) is 35.1 Å². The molecule has 2 heterocycles. The van der Waals surface area contributed by atoms with Crippen molar-refractivity contribution in [3.63, 3.8) is 0 Å². The molecule has 25 heavy (non-hydrogen) atoms. The Kier molecular flexibility index (Phi) is 4.11. The Morgan fingerprint density at radius 3 is 2.56 bits per heavy atom. The third-order valence-corrected chi connectivity index (χ3v) is 4.60. The van der Waals surface area contributed by atoms with E-state index in [-0.39, 0.29) is 29.7 Å². The van der Waals surface area contributed by atoms with Crippen molar-refractivity contribution in [1.82, 2.24) is 20.3 Å². The van der Waals surface area contributed by atoms with E-state index < -0.39 is 0 Å². The maximum atomic E-state index is 12.7. The number of hydrogen-bond acceptors (Lipinski definition) is 5. The standard InChI is InChI=1S/C19H18N4O2/c24-13-9-12(10-13)18(16-7-3-4-8-20-16)23-19(25)17-11-21-14-5-1-2-6-15(14)22-17/h1-8,11-13,18,24H,9-10H2,(H,23,25). The predicted octanol–water partition coefficient (Wildman–Crippen LogP) is 2.27. The van der Waals surface area contributed by atoms with Crippen LogP contribution >= 0.6 is 0 Å². The average Bonchev–Trinajstić information content (AvgIpc) is 2.64. The largest absolute Gasteiger partial charge is 0.393 e. The highest BCUT2D eigenvalue weighted by Crippen LogP contribution is 2.37. The van der Waals surface area contributed by atoms with Gasteiger partial charge in [-0.2, -0.15) is 0 Å². The second kappa shape index (κ2) is 6.57. The SMILES string of the molecule is O=C(NC(c1ccccn1)C1CC(O)C1)c1cnc2ccccc2n1. The summed E-state index contributed by atoms with van der Waals surface area (Å²) in [4.78, 5) is 25.8. The van der Waals surface area contributed by atoms with Crippen molar-refractivity contribution in [2.45, 2.75) is 25.0 Å². The minimum Gasteiger partial charge on any atom is -0.393 e. The van der Waals surface area contributed by atoms with Gasteiger partial charge >= 0.3 is 0 Å². The van der Waals surface area contributed by atoms with Crippen molar-refractivity contribution in [1.29, 1.82) is 0 Å². The van der Waals surface area contributed by atoms with E-state index in [0.717, 1.165) is 11.2 Å². The normalized spacial score (nSPS) is 20.7. The molecule has 1 fully saturated rings. The highest BCUT2D eigenvalue weighted by Gasteiger charge is 2.36. The molecule has 1 unspecified atom stereocenters. The van der Waals surface area contributed by atoms with Crippen molar-refractivity contribution in [2.75, 3.05) is 0 Å². The Hall–Kier alpha value is -2.86. The molecule has 0 bridgehead atoms. The summed E-state index contributed by atoms with van der Waals surface area (Å²) in [6.07, 6.45) is 4.21. The zero-order chi connectivity index (χ0) is 17.2. The number of benzene rings is 1. The topological polar surface area (TPSA) is 88.0 Å². The number of hydrogen-bond donors (Lipinski definition) is 2. The van der Waals surface area contributed by atoms with Crippen LogP contribution < -0.4 is 5.32 Å². The summed E-state index contributed by atoms with van der Waals surface area (Å²) >= 11 is 0. The van der Waals surface area contributed by atoms with Crippen LogP contribution in [-0.2, 0) is 0 Å². The number of nitrogens with one attached hydrogen (secondary N) is 1. The van der Waals surface area contributed by atoms with Gasteiger partial charge in [0.15, 0.2) is 0 Å². The number of fused-ring (bicyclic) bond motifs is 1. The van der Waals surface area contributed by atoms with Gasteiger partial charge in [-0.1, -0.05) is 18.2 Å². The van der Waals surface area contributed by atoms with Crippen molar-refractivity contribution in [2.24, 2.45) is 5.92 Å². The van der Waals surface area contributed by atoms with Gasteiger partial charge in [0.25, 0.3) is 5.91 Å². The molecule has 0 spiro atoms. The van der Waals surface area contributed by atoms with Gasteiger partial charge in [-0.3, -0.25) is 14.8 Å². The molecule has 0 aliphatic heterocycles. The van der Waals surface area contributed by atoms with Crippen LogP contribution in [0.5, 0.6) is 0 Å². The van der Waals surface area contributed by atoms with Crippen molar-refractivity contribution >= 4 is 16.9 Å². The summed E-state index contributed by atoms with van der Waals surface area (Å²) < 4.78 is 0. The van der Waals surface area contributed by atoms with Crippen molar-refractivity contribution in [3.05, 3.63) is 66.2 Å². The van der Waals surface area contributed by atoms with Crippen LogP contribution in [0.25, 0.3) is 11.0 Å². The lowest BCUT2D eigenvalue weighted by molar-refractivity contribution is 0.0227. The predicted molar refractivity (Wildman–Crippen MR) is 92.7 cm³/mol. The number of nitrogens with zero attached hydrogens (tertiary/aromatic N) is 3. The highest BCUT2D eigenvalue weighted by molar-refractivity contribution is 5.94. The zero-order valence-corrected chi connectivity index (χ0v) is 13.5. The molecule has 2 N–H and O–H groups in total. The van der Waals surface area contributed by atoms with E-state index in [9.17, 15) is 9.90 Å². The third kappa shape index (κ3) is 3.21. The lowest BCUT2D eigenvalue weighted by atomic mass is 9.76. The third-order valence-electron chi connectivity index (χ3n) is 4.60. The van der Waals surface area contributed by atoms with Gasteiger partial charge in [-0.25, -0.2) is 4.98 Å². The number of pyridine rings is 1. The molecule has 1 aliphatic rings. The smallest absolute Gasteiger partial charge is 0.272 e. The van der Waals surface area contributed by atoms with Crippen LogP contribution in [0, 0.1) is 5.92 Å². The molecule has 6 heteroatoms. The molecule has 0 radical (unpaired) electrons. The molecule has 1 amide bonds. The molecule has 3 aromatic rings. The summed E-state index contributed by atoms with van der Waals surface area (Å²) in [6.45, 7) is 0. The fourth-order valence-electron chi connectivity index (χ4n) is 3.18. The van der Waals surface area contributed by atoms with E-state index in [1.807, 2.05) is 42.5 Å². The van der Waals surface area contributed by atoms with E-state index in [0.29, 0.717) is 18.4 Å². The summed E-state index contributed by atoms with van der Waals surface area (Å²) in [7, 11) is 0. The van der Waals surface area contributed by atoms with Crippen LogP contribution in [0.1, 0.15) is 35.1 Å². The highest BCUT2D eigenvalue weighted by atomic mass is 16.3. The molecular weight excluding hydrogens is 316 g/mol. The number of aliphatic hydroxyl groups excluding tert-OH is 1. The summed E-state index contributed by atoms with van der Waals surface area (Å²) in [6, 6.07) is 12.8. The van der Waals surface area contributed by atoms with Crippen molar-refractivity contribution < 1.29 is 9.90 Å². The lowest BCUT2D eigenvalue weighted by Gasteiger charge is -2.37. The molecule has 4 rings (SSSR count). The first-order chi connectivity index (χ1) is 12.2. The van der Waals surface area contributed by atoms with Crippen LogP contribution in [-0.4, -0.2) is 32.1 Å². The maximum absolute atomic E-state index is 12.7. The number of carbonyl (C=O) groups excluding carboxylic acids is 1. The van der Waals surface area contributed by atoms with Crippen LogP contribution in [0.2, 0.25) is 0 Å². The van der Waals surface area contributed by atoms with E-state index in [2.05, 4.69) is 20.3 Å². The van der Waals surface area contributed by atoms with Gasteiger partial charge in [-0.05, 0) is 43.0 Å². The Balaban J connectivity index is 1.59. The number of para-hydroxylation sites is 2. The quantitative estimate of drug-likeness (QED) is 0.764. The number of rotatable bonds is 4. The summed E-state index contributed by atoms with van der Waals surface area (Å²) in [5.41, 5.74) is 2.51.